The SMILES string of the molecule is CC1Nc2cc3c(cc2O1)CCN(C)C3. The summed E-state index contributed by atoms with van der Waals surface area (Å²) in [5.74, 6) is 1.02. The van der Waals surface area contributed by atoms with Crippen molar-refractivity contribution in [3.05, 3.63) is 23.3 Å². The molecule has 0 radical (unpaired) electrons. The molecule has 80 valence electrons. The van der Waals surface area contributed by atoms with Gasteiger partial charge in [-0.3, -0.25) is 0 Å². The molecule has 0 saturated carbocycles. The summed E-state index contributed by atoms with van der Waals surface area (Å²) in [6.07, 6.45) is 1.25. The average molecular weight is 204 g/mol. The van der Waals surface area contributed by atoms with Crippen molar-refractivity contribution in [2.45, 2.75) is 26.1 Å². The van der Waals surface area contributed by atoms with Crippen LogP contribution in [0.15, 0.2) is 12.1 Å². The van der Waals surface area contributed by atoms with Crippen LogP contribution in [-0.2, 0) is 13.0 Å². The van der Waals surface area contributed by atoms with E-state index in [1.807, 2.05) is 6.92 Å². The molecule has 0 aromatic heterocycles. The molecule has 0 fully saturated rings. The van der Waals surface area contributed by atoms with Crippen LogP contribution < -0.4 is 10.1 Å². The van der Waals surface area contributed by atoms with Crippen LogP contribution >= 0.6 is 0 Å². The fourth-order valence-corrected chi connectivity index (χ4v) is 2.38. The highest BCUT2D eigenvalue weighted by Crippen LogP contribution is 2.36. The van der Waals surface area contributed by atoms with E-state index in [0.717, 1.165) is 30.9 Å². The van der Waals surface area contributed by atoms with E-state index in [9.17, 15) is 0 Å². The van der Waals surface area contributed by atoms with Crippen LogP contribution in [0.2, 0.25) is 0 Å². The molecule has 1 aromatic carbocycles. The molecule has 1 aromatic rings. The van der Waals surface area contributed by atoms with E-state index in [2.05, 4.69) is 29.4 Å². The summed E-state index contributed by atoms with van der Waals surface area (Å²) in [7, 11) is 2.17. The summed E-state index contributed by atoms with van der Waals surface area (Å²) >= 11 is 0. The Kier molecular flexibility index (Phi) is 1.89. The first-order valence-corrected chi connectivity index (χ1v) is 5.50. The van der Waals surface area contributed by atoms with Crippen molar-refractivity contribution in [3.8, 4) is 5.75 Å². The maximum atomic E-state index is 5.67. The summed E-state index contributed by atoms with van der Waals surface area (Å²) < 4.78 is 5.67. The van der Waals surface area contributed by atoms with Crippen molar-refractivity contribution in [3.63, 3.8) is 0 Å². The van der Waals surface area contributed by atoms with Gasteiger partial charge in [-0.25, -0.2) is 0 Å². The van der Waals surface area contributed by atoms with Gasteiger partial charge < -0.3 is 15.0 Å². The highest BCUT2D eigenvalue weighted by molar-refractivity contribution is 5.63. The Morgan fingerprint density at radius 3 is 3.13 bits per heavy atom. The van der Waals surface area contributed by atoms with Gasteiger partial charge in [-0.1, -0.05) is 0 Å². The number of hydrogen-bond donors (Lipinski definition) is 1. The lowest BCUT2D eigenvalue weighted by Crippen LogP contribution is -2.26. The molecule has 2 aliphatic heterocycles. The van der Waals surface area contributed by atoms with Gasteiger partial charge >= 0.3 is 0 Å². The second-order valence-corrected chi connectivity index (χ2v) is 4.51. The first kappa shape index (κ1) is 9.04. The summed E-state index contributed by atoms with van der Waals surface area (Å²) in [5.41, 5.74) is 4.03. The number of rotatable bonds is 0. The predicted molar refractivity (Wildman–Crippen MR) is 60.2 cm³/mol. The Bertz CT molecular complexity index is 403. The summed E-state index contributed by atoms with van der Waals surface area (Å²) in [6.45, 7) is 4.23. The van der Waals surface area contributed by atoms with Gasteiger partial charge in [-0.15, -0.1) is 0 Å². The number of benzene rings is 1. The number of likely N-dealkylation sites (N-methyl/N-ethyl adjacent to an activating group) is 1. The molecule has 0 saturated heterocycles. The van der Waals surface area contributed by atoms with E-state index in [1.165, 1.54) is 11.1 Å². The minimum Gasteiger partial charge on any atom is -0.469 e. The van der Waals surface area contributed by atoms with E-state index in [-0.39, 0.29) is 6.23 Å². The average Bonchev–Trinajstić information content (AvgIpc) is 2.53. The fourth-order valence-electron chi connectivity index (χ4n) is 2.38. The summed E-state index contributed by atoms with van der Waals surface area (Å²) in [4.78, 5) is 2.36. The molecular formula is C12H16N2O. The number of anilines is 1. The zero-order valence-electron chi connectivity index (χ0n) is 9.21. The predicted octanol–water partition coefficient (Wildman–Crippen LogP) is 1.82. The number of nitrogens with zero attached hydrogens (tertiary/aromatic N) is 1. The van der Waals surface area contributed by atoms with Gasteiger partial charge in [0, 0.05) is 13.1 Å². The molecule has 1 unspecified atom stereocenters. The normalized spacial score (nSPS) is 24.0. The van der Waals surface area contributed by atoms with E-state index in [1.54, 1.807) is 0 Å². The lowest BCUT2D eigenvalue weighted by atomic mass is 9.99. The van der Waals surface area contributed by atoms with Crippen LogP contribution in [0.5, 0.6) is 5.75 Å². The molecule has 0 amide bonds. The molecule has 0 aliphatic carbocycles. The van der Waals surface area contributed by atoms with E-state index in [0.29, 0.717) is 0 Å². The van der Waals surface area contributed by atoms with Crippen LogP contribution in [0.1, 0.15) is 18.1 Å². The summed E-state index contributed by atoms with van der Waals surface area (Å²) in [6, 6.07) is 4.44. The Morgan fingerprint density at radius 1 is 1.40 bits per heavy atom. The first-order chi connectivity index (χ1) is 7.22. The van der Waals surface area contributed by atoms with Crippen LogP contribution in [0.25, 0.3) is 0 Å². The molecule has 1 atom stereocenters. The quantitative estimate of drug-likeness (QED) is 0.697. The van der Waals surface area contributed by atoms with Crippen molar-refractivity contribution >= 4 is 5.69 Å². The van der Waals surface area contributed by atoms with Gasteiger partial charge in [0.1, 0.15) is 5.75 Å². The van der Waals surface area contributed by atoms with E-state index >= 15 is 0 Å². The van der Waals surface area contributed by atoms with Crippen molar-refractivity contribution in [1.29, 1.82) is 0 Å². The van der Waals surface area contributed by atoms with Crippen LogP contribution in [0.3, 0.4) is 0 Å². The monoisotopic (exact) mass is 204 g/mol. The standard InChI is InChI=1S/C12H16N2O/c1-8-13-11-5-10-7-14(2)4-3-9(10)6-12(11)15-8/h5-6,8,13H,3-4,7H2,1-2H3. The molecule has 2 aliphatic rings. The zero-order valence-corrected chi connectivity index (χ0v) is 9.21. The smallest absolute Gasteiger partial charge is 0.167 e. The lowest BCUT2D eigenvalue weighted by molar-refractivity contribution is 0.273. The Labute approximate surface area is 90.0 Å². The molecule has 0 spiro atoms. The van der Waals surface area contributed by atoms with Gasteiger partial charge in [0.15, 0.2) is 6.23 Å². The van der Waals surface area contributed by atoms with E-state index in [4.69, 9.17) is 4.74 Å². The molecule has 1 N–H and O–H groups in total. The van der Waals surface area contributed by atoms with Crippen molar-refractivity contribution in [2.75, 3.05) is 18.9 Å². The number of fused-ring (bicyclic) bond motifs is 2. The largest absolute Gasteiger partial charge is 0.469 e. The first-order valence-electron chi connectivity index (χ1n) is 5.50. The number of ether oxygens (including phenoxy) is 1. The maximum Gasteiger partial charge on any atom is 0.167 e. The van der Waals surface area contributed by atoms with Crippen LogP contribution in [0, 0.1) is 0 Å². The van der Waals surface area contributed by atoms with Crippen LogP contribution in [0.4, 0.5) is 5.69 Å². The lowest BCUT2D eigenvalue weighted by Gasteiger charge is -2.25. The third-order valence-electron chi connectivity index (χ3n) is 3.17. The highest BCUT2D eigenvalue weighted by Gasteiger charge is 2.22. The molecular weight excluding hydrogens is 188 g/mol. The van der Waals surface area contributed by atoms with Gasteiger partial charge in [0.25, 0.3) is 0 Å². The van der Waals surface area contributed by atoms with Crippen molar-refractivity contribution in [1.82, 2.24) is 4.90 Å². The minimum absolute atomic E-state index is 0.113. The zero-order chi connectivity index (χ0) is 10.4. The second-order valence-electron chi connectivity index (χ2n) is 4.51. The molecule has 3 heteroatoms. The third kappa shape index (κ3) is 1.47. The minimum atomic E-state index is 0.113. The van der Waals surface area contributed by atoms with Gasteiger partial charge in [-0.05, 0) is 43.7 Å². The van der Waals surface area contributed by atoms with Crippen molar-refractivity contribution < 1.29 is 4.74 Å². The van der Waals surface area contributed by atoms with E-state index < -0.39 is 0 Å². The molecule has 0 bridgehead atoms. The van der Waals surface area contributed by atoms with Crippen molar-refractivity contribution in [2.24, 2.45) is 0 Å². The molecule has 2 heterocycles. The van der Waals surface area contributed by atoms with Gasteiger partial charge in [-0.2, -0.15) is 0 Å². The molecule has 3 nitrogen and oxygen atoms in total. The number of hydrogen-bond acceptors (Lipinski definition) is 3. The molecule has 15 heavy (non-hydrogen) atoms. The van der Waals surface area contributed by atoms with Gasteiger partial charge in [0.05, 0.1) is 5.69 Å². The van der Waals surface area contributed by atoms with Crippen LogP contribution in [-0.4, -0.2) is 24.7 Å². The second kappa shape index (κ2) is 3.14. The Balaban J connectivity index is 2.02. The Hall–Kier alpha value is -1.22. The third-order valence-corrected chi connectivity index (χ3v) is 3.17. The highest BCUT2D eigenvalue weighted by atomic mass is 16.5. The molecule has 3 rings (SSSR count). The summed E-state index contributed by atoms with van der Waals surface area (Å²) in [5, 5.41) is 3.32. The maximum absolute atomic E-state index is 5.67. The fraction of sp³-hybridized carbons (Fsp3) is 0.500. The topological polar surface area (TPSA) is 24.5 Å². The number of nitrogens with one attached hydrogen (secondary N) is 1. The Morgan fingerprint density at radius 2 is 2.27 bits per heavy atom. The van der Waals surface area contributed by atoms with Gasteiger partial charge in [0.2, 0.25) is 0 Å².